The molecule has 0 aliphatic heterocycles. The first-order valence-corrected chi connectivity index (χ1v) is 12.9. The Labute approximate surface area is 236 Å². The standard InChI is InChI=1S/C29H18BrCl2N3O3/c30-19-14-12-17(13-15-19)29(37)38-24-11-4-1-6-18(24)16-33-35-28(36)27-25(20-7-2-3-9-22(20)31)21-8-5-10-23(32)26(21)34-27/h1-16,34H,(H,35,36). The molecule has 0 radical (unpaired) electrons. The van der Waals surface area contributed by atoms with Gasteiger partial charge in [0.25, 0.3) is 5.91 Å². The maximum Gasteiger partial charge on any atom is 0.343 e. The molecule has 188 valence electrons. The zero-order valence-electron chi connectivity index (χ0n) is 19.5. The molecule has 0 bridgehead atoms. The average molecular weight is 607 g/mol. The summed E-state index contributed by atoms with van der Waals surface area (Å²) in [5.41, 5.74) is 5.62. The molecule has 0 atom stereocenters. The fourth-order valence-electron chi connectivity index (χ4n) is 3.94. The fraction of sp³-hybridized carbons (Fsp3) is 0. The molecule has 1 amide bonds. The van der Waals surface area contributed by atoms with Crippen LogP contribution in [0.15, 0.2) is 101 Å². The van der Waals surface area contributed by atoms with E-state index < -0.39 is 11.9 Å². The minimum Gasteiger partial charge on any atom is -0.422 e. The van der Waals surface area contributed by atoms with Crippen LogP contribution in [0, 0.1) is 0 Å². The minimum absolute atomic E-state index is 0.258. The van der Waals surface area contributed by atoms with Crippen LogP contribution in [0.4, 0.5) is 0 Å². The highest BCUT2D eigenvalue weighted by atomic mass is 79.9. The number of rotatable bonds is 6. The molecule has 4 aromatic carbocycles. The van der Waals surface area contributed by atoms with E-state index in [2.05, 4.69) is 31.4 Å². The monoisotopic (exact) mass is 605 g/mol. The van der Waals surface area contributed by atoms with E-state index in [9.17, 15) is 9.59 Å². The molecule has 0 unspecified atom stereocenters. The van der Waals surface area contributed by atoms with E-state index in [-0.39, 0.29) is 5.69 Å². The predicted molar refractivity (Wildman–Crippen MR) is 154 cm³/mol. The molecule has 0 aliphatic rings. The number of hydrogen-bond acceptors (Lipinski definition) is 4. The Bertz CT molecular complexity index is 1700. The van der Waals surface area contributed by atoms with Gasteiger partial charge in [-0.3, -0.25) is 4.79 Å². The van der Waals surface area contributed by atoms with Crippen molar-refractivity contribution in [2.24, 2.45) is 5.10 Å². The number of nitrogens with one attached hydrogen (secondary N) is 2. The van der Waals surface area contributed by atoms with Crippen LogP contribution >= 0.6 is 39.1 Å². The van der Waals surface area contributed by atoms with Gasteiger partial charge in [0.2, 0.25) is 0 Å². The fourth-order valence-corrected chi connectivity index (χ4v) is 4.65. The van der Waals surface area contributed by atoms with Gasteiger partial charge in [0.05, 0.1) is 22.3 Å². The van der Waals surface area contributed by atoms with E-state index in [0.29, 0.717) is 43.6 Å². The molecule has 0 fully saturated rings. The molecule has 5 aromatic rings. The maximum atomic E-state index is 13.3. The van der Waals surface area contributed by atoms with E-state index in [0.717, 1.165) is 9.86 Å². The number of hydrogen-bond donors (Lipinski definition) is 2. The van der Waals surface area contributed by atoms with E-state index in [1.165, 1.54) is 6.21 Å². The Kier molecular flexibility index (Phi) is 7.60. The lowest BCUT2D eigenvalue weighted by atomic mass is 10.0. The smallest absolute Gasteiger partial charge is 0.343 e. The van der Waals surface area contributed by atoms with Crippen LogP contribution in [-0.4, -0.2) is 23.1 Å². The number of nitrogens with zero attached hydrogens (tertiary/aromatic N) is 1. The summed E-state index contributed by atoms with van der Waals surface area (Å²) in [6.07, 6.45) is 1.41. The first-order chi connectivity index (χ1) is 18.4. The number of fused-ring (bicyclic) bond motifs is 1. The van der Waals surface area contributed by atoms with Crippen LogP contribution in [0.3, 0.4) is 0 Å². The summed E-state index contributed by atoms with van der Waals surface area (Å²) in [7, 11) is 0. The normalized spacial score (nSPS) is 11.1. The second-order valence-corrected chi connectivity index (χ2v) is 9.88. The number of amides is 1. The molecule has 2 N–H and O–H groups in total. The van der Waals surface area contributed by atoms with Crippen molar-refractivity contribution in [3.8, 4) is 16.9 Å². The van der Waals surface area contributed by atoms with E-state index >= 15 is 0 Å². The van der Waals surface area contributed by atoms with E-state index in [1.54, 1.807) is 60.7 Å². The van der Waals surface area contributed by atoms with Crippen molar-refractivity contribution in [3.63, 3.8) is 0 Å². The van der Waals surface area contributed by atoms with Gasteiger partial charge in [-0.15, -0.1) is 0 Å². The number of H-pyrrole nitrogens is 1. The van der Waals surface area contributed by atoms with Crippen molar-refractivity contribution >= 4 is 68.1 Å². The van der Waals surface area contributed by atoms with Gasteiger partial charge >= 0.3 is 5.97 Å². The highest BCUT2D eigenvalue weighted by Gasteiger charge is 2.22. The lowest BCUT2D eigenvalue weighted by molar-refractivity contribution is 0.0734. The molecule has 0 aliphatic carbocycles. The molecule has 1 heterocycles. The highest BCUT2D eigenvalue weighted by molar-refractivity contribution is 9.10. The summed E-state index contributed by atoms with van der Waals surface area (Å²) in [5.74, 6) is -0.706. The number of ether oxygens (including phenoxy) is 1. The molecule has 6 nitrogen and oxygen atoms in total. The van der Waals surface area contributed by atoms with Crippen LogP contribution in [0.2, 0.25) is 10.0 Å². The number of carbonyl (C=O) groups excluding carboxylic acids is 2. The molecule has 0 saturated carbocycles. The number of hydrazone groups is 1. The second kappa shape index (κ2) is 11.2. The number of para-hydroxylation sites is 2. The molecule has 0 spiro atoms. The van der Waals surface area contributed by atoms with Crippen LogP contribution in [0.1, 0.15) is 26.4 Å². The maximum absolute atomic E-state index is 13.3. The molecule has 1 aromatic heterocycles. The molecular formula is C29H18BrCl2N3O3. The largest absolute Gasteiger partial charge is 0.422 e. The summed E-state index contributed by atoms with van der Waals surface area (Å²) in [6, 6.07) is 26.4. The van der Waals surface area contributed by atoms with Crippen molar-refractivity contribution in [2.75, 3.05) is 0 Å². The molecule has 0 saturated heterocycles. The summed E-state index contributed by atoms with van der Waals surface area (Å²) in [5, 5.41) is 5.83. The number of aromatic nitrogens is 1. The lowest BCUT2D eigenvalue weighted by Crippen LogP contribution is -2.19. The van der Waals surface area contributed by atoms with Crippen LogP contribution in [0.5, 0.6) is 5.75 Å². The third kappa shape index (κ3) is 5.36. The van der Waals surface area contributed by atoms with Crippen molar-refractivity contribution in [2.45, 2.75) is 0 Å². The number of carbonyl (C=O) groups is 2. The van der Waals surface area contributed by atoms with Gasteiger partial charge in [-0.25, -0.2) is 10.2 Å². The number of esters is 1. The zero-order valence-corrected chi connectivity index (χ0v) is 22.6. The van der Waals surface area contributed by atoms with E-state index in [4.69, 9.17) is 27.9 Å². The third-order valence-corrected chi connectivity index (χ3v) is 6.90. The van der Waals surface area contributed by atoms with Crippen LogP contribution < -0.4 is 10.2 Å². The quantitative estimate of drug-likeness (QED) is 0.0892. The summed E-state index contributed by atoms with van der Waals surface area (Å²) in [4.78, 5) is 29.0. The third-order valence-electron chi connectivity index (χ3n) is 5.72. The Hall–Kier alpha value is -3.91. The molecular weight excluding hydrogens is 589 g/mol. The Morgan fingerprint density at radius 1 is 0.868 bits per heavy atom. The summed E-state index contributed by atoms with van der Waals surface area (Å²) >= 11 is 16.2. The SMILES string of the molecule is O=C(Oc1ccccc1C=NNC(=O)c1[nH]c2c(Cl)cccc2c1-c1ccccc1Cl)c1ccc(Br)cc1. The van der Waals surface area contributed by atoms with Gasteiger partial charge in [0.1, 0.15) is 11.4 Å². The first-order valence-electron chi connectivity index (χ1n) is 11.4. The summed E-state index contributed by atoms with van der Waals surface area (Å²) in [6.45, 7) is 0. The first kappa shape index (κ1) is 25.7. The van der Waals surface area contributed by atoms with E-state index in [1.807, 2.05) is 30.3 Å². The molecule has 38 heavy (non-hydrogen) atoms. The van der Waals surface area contributed by atoms with Gasteiger partial charge < -0.3 is 9.72 Å². The van der Waals surface area contributed by atoms with Gasteiger partial charge in [0, 0.05) is 31.6 Å². The Balaban J connectivity index is 1.41. The Morgan fingerprint density at radius 2 is 1.58 bits per heavy atom. The van der Waals surface area contributed by atoms with Crippen molar-refractivity contribution in [1.82, 2.24) is 10.4 Å². The number of halogens is 3. The summed E-state index contributed by atoms with van der Waals surface area (Å²) < 4.78 is 6.42. The number of aromatic amines is 1. The van der Waals surface area contributed by atoms with Crippen molar-refractivity contribution in [3.05, 3.63) is 122 Å². The molecule has 9 heteroatoms. The second-order valence-electron chi connectivity index (χ2n) is 8.15. The van der Waals surface area contributed by atoms with Gasteiger partial charge in [0.15, 0.2) is 0 Å². The topological polar surface area (TPSA) is 83.5 Å². The number of benzene rings is 4. The van der Waals surface area contributed by atoms with Gasteiger partial charge in [-0.1, -0.05) is 81.6 Å². The average Bonchev–Trinajstić information content (AvgIpc) is 3.31. The van der Waals surface area contributed by atoms with Crippen LogP contribution in [-0.2, 0) is 0 Å². The minimum atomic E-state index is -0.512. The van der Waals surface area contributed by atoms with Crippen molar-refractivity contribution in [1.29, 1.82) is 0 Å². The van der Waals surface area contributed by atoms with Gasteiger partial charge in [-0.2, -0.15) is 5.10 Å². The predicted octanol–water partition coefficient (Wildman–Crippen LogP) is 7.89. The lowest BCUT2D eigenvalue weighted by Gasteiger charge is -2.08. The molecule has 5 rings (SSSR count). The highest BCUT2D eigenvalue weighted by Crippen LogP contribution is 2.38. The van der Waals surface area contributed by atoms with Crippen LogP contribution in [0.25, 0.3) is 22.0 Å². The zero-order chi connectivity index (χ0) is 26.6. The van der Waals surface area contributed by atoms with Crippen molar-refractivity contribution < 1.29 is 14.3 Å². The Morgan fingerprint density at radius 3 is 2.37 bits per heavy atom. The van der Waals surface area contributed by atoms with Gasteiger partial charge in [-0.05, 0) is 48.5 Å².